The van der Waals surface area contributed by atoms with Gasteiger partial charge in [0.05, 0.1) is 0 Å². The zero-order valence-electron chi connectivity index (χ0n) is 19.1. The van der Waals surface area contributed by atoms with E-state index in [9.17, 15) is 0 Å². The van der Waals surface area contributed by atoms with Crippen LogP contribution in [0, 0.1) is 40.7 Å². The number of hydrogen-bond acceptors (Lipinski definition) is 2. The molecule has 0 atom stereocenters. The molecule has 0 saturated carbocycles. The summed E-state index contributed by atoms with van der Waals surface area (Å²) in [4.78, 5) is 1.27. The zero-order chi connectivity index (χ0) is 21.0. The minimum Gasteiger partial charge on any atom is -1.00 e. The summed E-state index contributed by atoms with van der Waals surface area (Å²) < 4.78 is 5.68. The molecule has 0 bridgehead atoms. The first-order chi connectivity index (χ1) is 13.1. The molecule has 0 amide bonds. The van der Waals surface area contributed by atoms with Crippen molar-refractivity contribution in [2.45, 2.75) is 54.6 Å². The summed E-state index contributed by atoms with van der Waals surface area (Å²) in [5, 5.41) is 0. The van der Waals surface area contributed by atoms with Crippen molar-refractivity contribution in [3.05, 3.63) is 80.2 Å². The Balaban J connectivity index is 0.000000486. The first-order valence-electron chi connectivity index (χ1n) is 9.57. The van der Waals surface area contributed by atoms with E-state index in [-0.39, 0.29) is 30.2 Å². The van der Waals surface area contributed by atoms with Crippen LogP contribution < -0.4 is 24.8 Å². The van der Waals surface area contributed by atoms with E-state index in [1.165, 1.54) is 43.9 Å². The van der Waals surface area contributed by atoms with Gasteiger partial charge < -0.3 is 29.2 Å². The number of thioether (sulfide) groups is 1. The van der Waals surface area contributed by atoms with Gasteiger partial charge in [-0.1, -0.05) is 40.2 Å². The standard InChI is InChI=1S/C13H11OS.C9H13.C2H6Si.2ClH.Zr/c1-8-3-6-12-13(8)10(7-15-12)11-5-4-9(2)14-11;1-6-5-7(2)9(4)8(6)3;1-3-2;;;/h3-5H,7H2,1-2H3;5H,1-4H3;1-2H3;2*1H;/q2*-1;;;;+2/p-2. The second-order valence-corrected chi connectivity index (χ2v) is 18.0. The first-order valence-corrected chi connectivity index (χ1v) is 16.7. The van der Waals surface area contributed by atoms with E-state index in [4.69, 9.17) is 4.42 Å². The Morgan fingerprint density at radius 3 is 1.93 bits per heavy atom. The Labute approximate surface area is 214 Å². The van der Waals surface area contributed by atoms with Crippen molar-refractivity contribution in [2.24, 2.45) is 0 Å². The fraction of sp³-hybridized carbons (Fsp3) is 0.375. The normalized spacial score (nSPS) is 13.7. The maximum atomic E-state index is 5.68. The average molecular weight is 557 g/mol. The zero-order valence-corrected chi connectivity index (χ0v) is 24.9. The van der Waals surface area contributed by atoms with E-state index < -0.39 is 0 Å². The third-order valence-electron chi connectivity index (χ3n) is 4.92. The first kappa shape index (κ1) is 29.9. The molecule has 1 aliphatic heterocycles. The van der Waals surface area contributed by atoms with E-state index in [1.807, 2.05) is 24.8 Å². The summed E-state index contributed by atoms with van der Waals surface area (Å²) in [6.45, 7) is 17.4. The molecular formula is C24H30Cl2OSSiZr-2. The van der Waals surface area contributed by atoms with Crippen molar-refractivity contribution >= 4 is 22.8 Å². The van der Waals surface area contributed by atoms with Crippen LogP contribution >= 0.6 is 11.8 Å². The summed E-state index contributed by atoms with van der Waals surface area (Å²) in [7, 11) is 0. The molecule has 0 radical (unpaired) electrons. The third-order valence-corrected chi connectivity index (χ3v) is 5.96. The van der Waals surface area contributed by atoms with E-state index in [1.54, 1.807) is 23.3 Å². The molecule has 0 unspecified atom stereocenters. The van der Waals surface area contributed by atoms with Gasteiger partial charge in [-0.2, -0.15) is 51.6 Å². The van der Waals surface area contributed by atoms with E-state index in [0.717, 1.165) is 17.3 Å². The van der Waals surface area contributed by atoms with Crippen LogP contribution in [0.1, 0.15) is 40.7 Å². The average Bonchev–Trinajstić information content (AvgIpc) is 3.34. The SMILES string of the molecule is CC1=C[C-]=C2SCC(c3ccc(C)o3)=C21.C[Si](C)=[Zr+2].Cc1[cH-]c(C)c(C)c1C.[Cl-].[Cl-]. The van der Waals surface area contributed by atoms with Gasteiger partial charge in [0.15, 0.2) is 0 Å². The molecule has 2 heterocycles. The number of aryl methyl sites for hydroxylation is 3. The molecule has 0 saturated heterocycles. The Morgan fingerprint density at radius 2 is 1.53 bits per heavy atom. The number of furan rings is 1. The van der Waals surface area contributed by atoms with Crippen molar-refractivity contribution in [2.75, 3.05) is 5.75 Å². The quantitative estimate of drug-likeness (QED) is 0.387. The number of hydrogen-bond donors (Lipinski definition) is 0. The molecule has 4 rings (SSSR count). The minimum atomic E-state index is 0. The smallest absolute Gasteiger partial charge is 0.0632 e. The Hall–Kier alpha value is -0.120. The van der Waals surface area contributed by atoms with Crippen molar-refractivity contribution in [3.8, 4) is 0 Å². The Kier molecular flexibility index (Phi) is 13.4. The van der Waals surface area contributed by atoms with Crippen molar-refractivity contribution < 1.29 is 52.6 Å². The molecule has 0 spiro atoms. The fourth-order valence-electron chi connectivity index (χ4n) is 3.13. The van der Waals surface area contributed by atoms with Gasteiger partial charge in [-0.3, -0.25) is 0 Å². The van der Waals surface area contributed by atoms with Crippen molar-refractivity contribution in [1.82, 2.24) is 0 Å². The van der Waals surface area contributed by atoms with Gasteiger partial charge in [-0.25, -0.2) is 0 Å². The molecule has 1 nitrogen and oxygen atoms in total. The predicted molar refractivity (Wildman–Crippen MR) is 122 cm³/mol. The maximum Gasteiger partial charge on any atom is -0.0632 e. The van der Waals surface area contributed by atoms with Gasteiger partial charge in [-0.15, -0.1) is 16.7 Å². The van der Waals surface area contributed by atoms with E-state index in [2.05, 4.69) is 72.0 Å². The molecule has 2 aromatic rings. The van der Waals surface area contributed by atoms with Crippen molar-refractivity contribution in [1.29, 1.82) is 0 Å². The van der Waals surface area contributed by atoms with Crippen LogP contribution in [0.2, 0.25) is 13.1 Å². The molecule has 1 aliphatic carbocycles. The van der Waals surface area contributed by atoms with Crippen molar-refractivity contribution in [3.63, 3.8) is 0 Å². The molecule has 1 aromatic heterocycles. The summed E-state index contributed by atoms with van der Waals surface area (Å²) in [6, 6.07) is 6.32. The van der Waals surface area contributed by atoms with Crippen LogP contribution in [0.15, 0.2) is 44.7 Å². The fourth-order valence-corrected chi connectivity index (χ4v) is 4.27. The molecule has 0 fully saturated rings. The van der Waals surface area contributed by atoms with Crippen LogP contribution in [-0.2, 0) is 23.3 Å². The molecule has 162 valence electrons. The summed E-state index contributed by atoms with van der Waals surface area (Å²) in [5.41, 5.74) is 9.92. The van der Waals surface area contributed by atoms with E-state index >= 15 is 0 Å². The molecule has 2 aliphatic rings. The van der Waals surface area contributed by atoms with Crippen LogP contribution in [0.4, 0.5) is 0 Å². The second-order valence-electron chi connectivity index (χ2n) is 7.61. The maximum absolute atomic E-state index is 5.68. The molecule has 1 aromatic carbocycles. The number of fused-ring (bicyclic) bond motifs is 1. The van der Waals surface area contributed by atoms with Crippen LogP contribution in [-0.4, -0.2) is 11.2 Å². The minimum absolute atomic E-state index is 0. The Bertz CT molecular complexity index is 953. The van der Waals surface area contributed by atoms with Gasteiger partial charge in [0, 0.05) is 5.75 Å². The topological polar surface area (TPSA) is 13.1 Å². The number of allylic oxidation sites excluding steroid dienone is 4. The Morgan fingerprint density at radius 1 is 1.00 bits per heavy atom. The molecule has 30 heavy (non-hydrogen) atoms. The predicted octanol–water partition coefficient (Wildman–Crippen LogP) is 1.17. The molecule has 6 heteroatoms. The van der Waals surface area contributed by atoms with Gasteiger partial charge in [0.25, 0.3) is 0 Å². The molecule has 0 N–H and O–H groups in total. The summed E-state index contributed by atoms with van der Waals surface area (Å²) >= 11 is 3.59. The summed E-state index contributed by atoms with van der Waals surface area (Å²) in [5.74, 6) is 3.00. The number of halogens is 2. The third kappa shape index (κ3) is 7.78. The van der Waals surface area contributed by atoms with Gasteiger partial charge in [0.2, 0.25) is 0 Å². The van der Waals surface area contributed by atoms with Crippen LogP contribution in [0.5, 0.6) is 0 Å². The largest absolute Gasteiger partial charge is 1.00 e. The van der Waals surface area contributed by atoms with Crippen LogP contribution in [0.3, 0.4) is 0 Å². The van der Waals surface area contributed by atoms with Gasteiger partial charge >= 0.3 is 41.9 Å². The molecular weight excluding hydrogens is 527 g/mol. The van der Waals surface area contributed by atoms with Gasteiger partial charge in [0.1, 0.15) is 11.5 Å². The van der Waals surface area contributed by atoms with Gasteiger partial charge in [-0.05, 0) is 19.1 Å². The van der Waals surface area contributed by atoms with E-state index in [0.29, 0.717) is 0 Å². The number of rotatable bonds is 1. The summed E-state index contributed by atoms with van der Waals surface area (Å²) in [6.07, 6.45) is 5.36. The van der Waals surface area contributed by atoms with Crippen LogP contribution in [0.25, 0.3) is 5.57 Å². The second kappa shape index (κ2) is 13.4. The monoisotopic (exact) mass is 554 g/mol.